The molecule has 0 aromatic rings. The van der Waals surface area contributed by atoms with E-state index in [9.17, 15) is 4.79 Å². The zero-order valence-corrected chi connectivity index (χ0v) is 12.5. The number of nitrogens with zero attached hydrogens (tertiary/aromatic N) is 1. The van der Waals surface area contributed by atoms with Gasteiger partial charge in [-0.05, 0) is 45.6 Å². The lowest BCUT2D eigenvalue weighted by Crippen LogP contribution is -2.49. The van der Waals surface area contributed by atoms with Crippen molar-refractivity contribution in [2.24, 2.45) is 5.92 Å². The molecule has 0 aliphatic carbocycles. The highest BCUT2D eigenvalue weighted by molar-refractivity contribution is 5.79. The number of rotatable bonds is 4. The Hall–Kier alpha value is -0.610. The van der Waals surface area contributed by atoms with Crippen LogP contribution in [0.15, 0.2) is 0 Å². The van der Waals surface area contributed by atoms with Crippen LogP contribution in [0.3, 0.4) is 0 Å². The maximum atomic E-state index is 12.2. The molecule has 2 aliphatic heterocycles. The Labute approximate surface area is 117 Å². The molecule has 0 bridgehead atoms. The SMILES string of the molecule is CCCN1CCC(NC(=O)C2CCC(C)NC2)CC1. The summed E-state index contributed by atoms with van der Waals surface area (Å²) in [6, 6.07) is 0.973. The van der Waals surface area contributed by atoms with Crippen molar-refractivity contribution in [2.75, 3.05) is 26.2 Å². The highest BCUT2D eigenvalue weighted by Crippen LogP contribution is 2.16. The molecule has 0 saturated carbocycles. The van der Waals surface area contributed by atoms with Gasteiger partial charge in [-0.25, -0.2) is 0 Å². The predicted octanol–water partition coefficient (Wildman–Crippen LogP) is 1.37. The van der Waals surface area contributed by atoms with Crippen LogP contribution in [0.25, 0.3) is 0 Å². The van der Waals surface area contributed by atoms with Crippen LogP contribution >= 0.6 is 0 Å². The van der Waals surface area contributed by atoms with E-state index in [1.54, 1.807) is 0 Å². The first-order valence-electron chi connectivity index (χ1n) is 7.95. The second-order valence-corrected chi connectivity index (χ2v) is 6.21. The van der Waals surface area contributed by atoms with Crippen molar-refractivity contribution in [1.29, 1.82) is 0 Å². The Balaban J connectivity index is 1.69. The molecule has 4 nitrogen and oxygen atoms in total. The van der Waals surface area contributed by atoms with Gasteiger partial charge in [0.25, 0.3) is 0 Å². The summed E-state index contributed by atoms with van der Waals surface area (Å²) in [4.78, 5) is 14.7. The van der Waals surface area contributed by atoms with Gasteiger partial charge in [-0.2, -0.15) is 0 Å². The first kappa shape index (κ1) is 14.8. The summed E-state index contributed by atoms with van der Waals surface area (Å²) in [7, 11) is 0. The van der Waals surface area contributed by atoms with E-state index in [0.717, 1.165) is 45.3 Å². The molecule has 0 aromatic heterocycles. The molecule has 2 fully saturated rings. The monoisotopic (exact) mass is 267 g/mol. The molecular weight excluding hydrogens is 238 g/mol. The molecule has 2 aliphatic rings. The van der Waals surface area contributed by atoms with Gasteiger partial charge < -0.3 is 15.5 Å². The summed E-state index contributed by atoms with van der Waals surface area (Å²) in [6.45, 7) is 8.74. The van der Waals surface area contributed by atoms with Crippen molar-refractivity contribution in [3.05, 3.63) is 0 Å². The van der Waals surface area contributed by atoms with Crippen molar-refractivity contribution in [1.82, 2.24) is 15.5 Å². The van der Waals surface area contributed by atoms with E-state index >= 15 is 0 Å². The minimum Gasteiger partial charge on any atom is -0.353 e. The maximum absolute atomic E-state index is 12.2. The van der Waals surface area contributed by atoms with Crippen LogP contribution in [0.4, 0.5) is 0 Å². The lowest BCUT2D eigenvalue weighted by Gasteiger charge is -2.34. The second kappa shape index (κ2) is 7.25. The van der Waals surface area contributed by atoms with Gasteiger partial charge in [0.05, 0.1) is 5.92 Å². The molecule has 2 N–H and O–H groups in total. The fraction of sp³-hybridized carbons (Fsp3) is 0.933. The first-order valence-corrected chi connectivity index (χ1v) is 7.95. The number of carbonyl (C=O) groups excluding carboxylic acids is 1. The van der Waals surface area contributed by atoms with Gasteiger partial charge in [-0.15, -0.1) is 0 Å². The Morgan fingerprint density at radius 2 is 2.00 bits per heavy atom. The summed E-state index contributed by atoms with van der Waals surface area (Å²) >= 11 is 0. The fourth-order valence-corrected chi connectivity index (χ4v) is 3.16. The van der Waals surface area contributed by atoms with Gasteiger partial charge in [-0.3, -0.25) is 4.79 Å². The van der Waals surface area contributed by atoms with Crippen LogP contribution in [0.2, 0.25) is 0 Å². The summed E-state index contributed by atoms with van der Waals surface area (Å²) in [5.74, 6) is 0.457. The summed E-state index contributed by atoms with van der Waals surface area (Å²) in [6.07, 6.45) is 5.61. The molecule has 1 amide bonds. The smallest absolute Gasteiger partial charge is 0.224 e. The topological polar surface area (TPSA) is 44.4 Å². The Morgan fingerprint density at radius 3 is 2.58 bits per heavy atom. The van der Waals surface area contributed by atoms with Gasteiger partial charge in [0.15, 0.2) is 0 Å². The molecule has 2 atom stereocenters. The van der Waals surface area contributed by atoms with Crippen molar-refractivity contribution >= 4 is 5.91 Å². The molecule has 2 rings (SSSR count). The lowest BCUT2D eigenvalue weighted by atomic mass is 9.94. The summed E-state index contributed by atoms with van der Waals surface area (Å²) < 4.78 is 0. The van der Waals surface area contributed by atoms with E-state index < -0.39 is 0 Å². The van der Waals surface area contributed by atoms with E-state index in [1.165, 1.54) is 13.0 Å². The zero-order valence-electron chi connectivity index (χ0n) is 12.5. The van der Waals surface area contributed by atoms with Crippen LogP contribution in [0.5, 0.6) is 0 Å². The first-order chi connectivity index (χ1) is 9.19. The van der Waals surface area contributed by atoms with Crippen LogP contribution in [0, 0.1) is 5.92 Å². The number of hydrogen-bond donors (Lipinski definition) is 2. The predicted molar refractivity (Wildman–Crippen MR) is 78.1 cm³/mol. The number of amides is 1. The molecule has 0 radical (unpaired) electrons. The minimum absolute atomic E-state index is 0.185. The molecule has 4 heteroatoms. The number of piperidine rings is 2. The minimum atomic E-state index is 0.185. The third-order valence-electron chi connectivity index (χ3n) is 4.51. The second-order valence-electron chi connectivity index (χ2n) is 6.21. The molecule has 0 spiro atoms. The molecule has 2 unspecified atom stereocenters. The molecule has 19 heavy (non-hydrogen) atoms. The highest BCUT2D eigenvalue weighted by Gasteiger charge is 2.27. The maximum Gasteiger partial charge on any atom is 0.224 e. The van der Waals surface area contributed by atoms with E-state index in [1.807, 2.05) is 0 Å². The van der Waals surface area contributed by atoms with Crippen molar-refractivity contribution in [3.8, 4) is 0 Å². The lowest BCUT2D eigenvalue weighted by molar-refractivity contribution is -0.126. The van der Waals surface area contributed by atoms with Crippen molar-refractivity contribution in [2.45, 2.75) is 58.0 Å². The largest absolute Gasteiger partial charge is 0.353 e. The van der Waals surface area contributed by atoms with E-state index in [0.29, 0.717) is 12.1 Å². The van der Waals surface area contributed by atoms with Crippen LogP contribution in [0.1, 0.15) is 46.0 Å². The Kier molecular flexibility index (Phi) is 5.64. The number of hydrogen-bond acceptors (Lipinski definition) is 3. The normalized spacial score (nSPS) is 30.2. The van der Waals surface area contributed by atoms with Gasteiger partial charge in [0.1, 0.15) is 0 Å². The number of nitrogens with one attached hydrogen (secondary N) is 2. The summed E-state index contributed by atoms with van der Waals surface area (Å²) in [5, 5.41) is 6.67. The quantitative estimate of drug-likeness (QED) is 0.808. The van der Waals surface area contributed by atoms with Crippen molar-refractivity contribution < 1.29 is 4.79 Å². The fourth-order valence-electron chi connectivity index (χ4n) is 3.16. The average Bonchev–Trinajstić information content (AvgIpc) is 2.42. The molecule has 2 heterocycles. The third-order valence-corrected chi connectivity index (χ3v) is 4.51. The van der Waals surface area contributed by atoms with Crippen LogP contribution < -0.4 is 10.6 Å². The molecule has 2 saturated heterocycles. The van der Waals surface area contributed by atoms with E-state index in [4.69, 9.17) is 0 Å². The highest BCUT2D eigenvalue weighted by atomic mass is 16.2. The van der Waals surface area contributed by atoms with Gasteiger partial charge >= 0.3 is 0 Å². The molecule has 0 aromatic carbocycles. The van der Waals surface area contributed by atoms with E-state index in [2.05, 4.69) is 29.4 Å². The van der Waals surface area contributed by atoms with Crippen LogP contribution in [-0.2, 0) is 4.79 Å². The molecular formula is C15H29N3O. The molecule has 110 valence electrons. The van der Waals surface area contributed by atoms with Gasteiger partial charge in [-0.1, -0.05) is 6.92 Å². The van der Waals surface area contributed by atoms with Gasteiger partial charge in [0, 0.05) is 31.7 Å². The van der Waals surface area contributed by atoms with Crippen LogP contribution in [-0.4, -0.2) is 49.1 Å². The van der Waals surface area contributed by atoms with Crippen molar-refractivity contribution in [3.63, 3.8) is 0 Å². The van der Waals surface area contributed by atoms with E-state index in [-0.39, 0.29) is 11.8 Å². The number of likely N-dealkylation sites (tertiary alicyclic amines) is 1. The Bertz CT molecular complexity index is 279. The summed E-state index contributed by atoms with van der Waals surface area (Å²) in [5.41, 5.74) is 0. The zero-order chi connectivity index (χ0) is 13.7. The average molecular weight is 267 g/mol. The number of carbonyl (C=O) groups is 1. The standard InChI is InChI=1S/C15H29N3O/c1-3-8-18-9-6-14(7-10-18)17-15(19)13-5-4-12(2)16-11-13/h12-14,16H,3-11H2,1-2H3,(H,17,19). The van der Waals surface area contributed by atoms with Gasteiger partial charge in [0.2, 0.25) is 5.91 Å². The third kappa shape index (κ3) is 4.46. The Morgan fingerprint density at radius 1 is 1.26 bits per heavy atom.